The Morgan fingerprint density at radius 3 is 1.83 bits per heavy atom. The Kier molecular flexibility index (Phi) is 11.8. The number of ether oxygens (including phenoxy) is 5. The van der Waals surface area contributed by atoms with Crippen LogP contribution in [0, 0.1) is 0 Å². The average molecular weight is 439 g/mol. The lowest BCUT2D eigenvalue weighted by atomic mass is 9.91. The predicted octanol–water partition coefficient (Wildman–Crippen LogP) is 2.94. The summed E-state index contributed by atoms with van der Waals surface area (Å²) in [5.74, 6) is 0. The maximum Gasteiger partial charge on any atom is 0.566 e. The van der Waals surface area contributed by atoms with E-state index in [2.05, 4.69) is 13.8 Å². The Bertz CT molecular complexity index is 430. The highest BCUT2D eigenvalue weighted by Crippen LogP contribution is 2.45. The fourth-order valence-electron chi connectivity index (χ4n) is 3.90. The maximum atomic E-state index is 6.41. The van der Waals surface area contributed by atoms with Gasteiger partial charge in [-0.2, -0.15) is 0 Å². The molecular formula is C20H42O8Si. The van der Waals surface area contributed by atoms with Gasteiger partial charge in [0.2, 0.25) is 0 Å². The summed E-state index contributed by atoms with van der Waals surface area (Å²) in [6.07, 6.45) is 2.29. The van der Waals surface area contributed by atoms with Gasteiger partial charge in [-0.05, 0) is 47.0 Å². The van der Waals surface area contributed by atoms with Crippen molar-refractivity contribution in [1.82, 2.24) is 0 Å². The van der Waals surface area contributed by atoms with Crippen molar-refractivity contribution in [3.05, 3.63) is 0 Å². The molecule has 1 fully saturated rings. The normalized spacial score (nSPS) is 20.5. The Balaban J connectivity index is 3.29. The molecule has 0 spiro atoms. The van der Waals surface area contributed by atoms with Crippen molar-refractivity contribution < 1.29 is 37.0 Å². The van der Waals surface area contributed by atoms with Crippen molar-refractivity contribution in [2.24, 2.45) is 0 Å². The molecule has 0 aromatic carbocycles. The molecule has 1 aliphatic rings. The van der Waals surface area contributed by atoms with Crippen LogP contribution in [0.15, 0.2) is 0 Å². The Morgan fingerprint density at radius 1 is 0.931 bits per heavy atom. The molecule has 0 aromatic heterocycles. The Labute approximate surface area is 177 Å². The quantitative estimate of drug-likeness (QED) is 0.184. The van der Waals surface area contributed by atoms with Gasteiger partial charge in [-0.3, -0.25) is 0 Å². The van der Waals surface area contributed by atoms with Gasteiger partial charge >= 0.3 is 8.80 Å². The zero-order valence-corrected chi connectivity index (χ0v) is 20.6. The first-order valence-corrected chi connectivity index (χ1v) is 12.4. The lowest BCUT2D eigenvalue weighted by Gasteiger charge is -2.53. The largest absolute Gasteiger partial charge is 0.566 e. The summed E-state index contributed by atoms with van der Waals surface area (Å²) in [6.45, 7) is 12.6. The van der Waals surface area contributed by atoms with Crippen LogP contribution in [-0.2, 0) is 37.0 Å². The van der Waals surface area contributed by atoms with Crippen molar-refractivity contribution in [3.63, 3.8) is 0 Å². The first kappa shape index (κ1) is 26.9. The van der Waals surface area contributed by atoms with Crippen LogP contribution >= 0.6 is 0 Å². The van der Waals surface area contributed by atoms with Crippen LogP contribution in [0.1, 0.15) is 53.9 Å². The fraction of sp³-hybridized carbons (Fsp3) is 1.00. The molecule has 174 valence electrons. The van der Waals surface area contributed by atoms with E-state index in [9.17, 15) is 0 Å². The van der Waals surface area contributed by atoms with E-state index in [1.54, 1.807) is 21.3 Å². The van der Waals surface area contributed by atoms with Crippen LogP contribution in [-0.4, -0.2) is 86.4 Å². The lowest BCUT2D eigenvalue weighted by Crippen LogP contribution is -2.77. The monoisotopic (exact) mass is 438 g/mol. The third-order valence-electron chi connectivity index (χ3n) is 5.42. The lowest BCUT2D eigenvalue weighted by molar-refractivity contribution is -0.314. The average Bonchev–Trinajstić information content (AvgIpc) is 3.56. The van der Waals surface area contributed by atoms with Crippen LogP contribution in [0.3, 0.4) is 0 Å². The third-order valence-corrected chi connectivity index (χ3v) is 8.58. The molecular weight excluding hydrogens is 396 g/mol. The molecule has 3 atom stereocenters. The standard InChI is InChI=1S/C20H42O8Si/c1-9-19(26-10-2,14-13-17(5)24-15-18-16-25-18)20(27-11-3,28-12-4)29(21-6,22-7)23-8/h17-18H,9-16H2,1-8H3. The molecule has 0 amide bonds. The molecule has 0 saturated carbocycles. The summed E-state index contributed by atoms with van der Waals surface area (Å²) in [6, 6.07) is 0. The number of rotatable bonds is 18. The molecule has 3 unspecified atom stereocenters. The van der Waals surface area contributed by atoms with E-state index in [4.69, 9.17) is 37.0 Å². The van der Waals surface area contributed by atoms with Crippen molar-refractivity contribution in [1.29, 1.82) is 0 Å². The minimum absolute atomic E-state index is 0.0373. The van der Waals surface area contributed by atoms with Crippen molar-refractivity contribution in [2.75, 3.05) is 54.4 Å². The molecule has 0 aromatic rings. The Morgan fingerprint density at radius 2 is 1.45 bits per heavy atom. The first-order valence-electron chi connectivity index (χ1n) is 10.7. The van der Waals surface area contributed by atoms with Crippen LogP contribution in [0.5, 0.6) is 0 Å². The molecule has 0 bridgehead atoms. The second kappa shape index (κ2) is 12.7. The first-order chi connectivity index (χ1) is 13.9. The smallest absolute Gasteiger partial charge is 0.376 e. The summed E-state index contributed by atoms with van der Waals surface area (Å²) >= 11 is 0. The highest BCUT2D eigenvalue weighted by Gasteiger charge is 2.73. The van der Waals surface area contributed by atoms with E-state index in [-0.39, 0.29) is 12.2 Å². The van der Waals surface area contributed by atoms with Crippen LogP contribution < -0.4 is 0 Å². The maximum absolute atomic E-state index is 6.41. The van der Waals surface area contributed by atoms with Crippen LogP contribution in [0.25, 0.3) is 0 Å². The minimum Gasteiger partial charge on any atom is -0.376 e. The second-order valence-corrected chi connectivity index (χ2v) is 10.1. The van der Waals surface area contributed by atoms with Crippen molar-refractivity contribution in [3.8, 4) is 0 Å². The number of hydrogen-bond donors (Lipinski definition) is 0. The molecule has 0 radical (unpaired) electrons. The third kappa shape index (κ3) is 5.99. The highest BCUT2D eigenvalue weighted by molar-refractivity contribution is 6.63. The summed E-state index contributed by atoms with van der Waals surface area (Å²) < 4.78 is 47.9. The zero-order valence-electron chi connectivity index (χ0n) is 19.6. The molecule has 0 aliphatic carbocycles. The van der Waals surface area contributed by atoms with Gasteiger partial charge in [0.1, 0.15) is 11.7 Å². The van der Waals surface area contributed by atoms with Crippen molar-refractivity contribution in [2.45, 2.75) is 77.1 Å². The minimum atomic E-state index is -3.46. The van der Waals surface area contributed by atoms with Gasteiger partial charge < -0.3 is 37.0 Å². The SMILES string of the molecule is CCOC(CC)(CCC(C)OCC1CO1)C(OCC)(OCC)[Si](OC)(OC)OC. The molecule has 9 heteroatoms. The fourth-order valence-corrected chi connectivity index (χ4v) is 6.78. The van der Waals surface area contributed by atoms with Gasteiger partial charge in [0.25, 0.3) is 5.41 Å². The Hall–Kier alpha value is -0.103. The summed E-state index contributed by atoms with van der Waals surface area (Å²) in [7, 11) is 1.25. The molecule has 1 heterocycles. The van der Waals surface area contributed by atoms with E-state index in [0.717, 1.165) is 13.0 Å². The van der Waals surface area contributed by atoms with Gasteiger partial charge in [-0.15, -0.1) is 0 Å². The van der Waals surface area contributed by atoms with Gasteiger partial charge in [0, 0.05) is 41.2 Å². The van der Waals surface area contributed by atoms with E-state index < -0.39 is 19.8 Å². The van der Waals surface area contributed by atoms with Gasteiger partial charge in [-0.1, -0.05) is 6.92 Å². The summed E-state index contributed by atoms with van der Waals surface area (Å²) in [4.78, 5) is 0. The summed E-state index contributed by atoms with van der Waals surface area (Å²) in [5.41, 5.74) is -2.15. The molecule has 1 aliphatic heterocycles. The highest BCUT2D eigenvalue weighted by atomic mass is 28.4. The van der Waals surface area contributed by atoms with E-state index in [1.165, 1.54) is 0 Å². The molecule has 29 heavy (non-hydrogen) atoms. The zero-order chi connectivity index (χ0) is 22.0. The van der Waals surface area contributed by atoms with E-state index in [1.807, 2.05) is 20.8 Å². The van der Waals surface area contributed by atoms with E-state index >= 15 is 0 Å². The molecule has 0 N–H and O–H groups in total. The number of hydrogen-bond acceptors (Lipinski definition) is 8. The van der Waals surface area contributed by atoms with Crippen LogP contribution in [0.4, 0.5) is 0 Å². The van der Waals surface area contributed by atoms with Gasteiger partial charge in [-0.25, -0.2) is 0 Å². The molecule has 8 nitrogen and oxygen atoms in total. The molecule has 1 rings (SSSR count). The van der Waals surface area contributed by atoms with Crippen molar-refractivity contribution >= 4 is 8.80 Å². The van der Waals surface area contributed by atoms with E-state index in [0.29, 0.717) is 39.3 Å². The van der Waals surface area contributed by atoms with Gasteiger partial charge in [0.05, 0.1) is 19.3 Å². The molecule has 1 saturated heterocycles. The predicted molar refractivity (Wildman–Crippen MR) is 112 cm³/mol. The van der Waals surface area contributed by atoms with Crippen LogP contribution in [0.2, 0.25) is 0 Å². The summed E-state index contributed by atoms with van der Waals surface area (Å²) in [5, 5.41) is 0. The number of epoxide rings is 1. The second-order valence-electron chi connectivity index (χ2n) is 7.07. The topological polar surface area (TPSA) is 77.1 Å². The van der Waals surface area contributed by atoms with Gasteiger partial charge in [0.15, 0.2) is 0 Å².